The van der Waals surface area contributed by atoms with Gasteiger partial charge in [0.2, 0.25) is 0 Å². The Morgan fingerprint density at radius 1 is 1.57 bits per heavy atom. The molecule has 0 N–H and O–H groups in total. The Labute approximate surface area is 84.8 Å². The summed E-state index contributed by atoms with van der Waals surface area (Å²) in [7, 11) is 0. The van der Waals surface area contributed by atoms with Gasteiger partial charge in [-0.15, -0.1) is 0 Å². The van der Waals surface area contributed by atoms with Crippen molar-refractivity contribution in [1.29, 1.82) is 0 Å². The van der Waals surface area contributed by atoms with Crippen LogP contribution in [0.2, 0.25) is 0 Å². The molecular formula is C11H18O3. The van der Waals surface area contributed by atoms with Crippen molar-refractivity contribution in [1.82, 2.24) is 0 Å². The van der Waals surface area contributed by atoms with Crippen molar-refractivity contribution < 1.29 is 14.3 Å². The number of rotatable bonds is 3. The Balaban J connectivity index is 2.90. The van der Waals surface area contributed by atoms with Crippen LogP contribution < -0.4 is 0 Å². The highest BCUT2D eigenvalue weighted by Crippen LogP contribution is 2.41. The van der Waals surface area contributed by atoms with E-state index in [0.717, 1.165) is 12.8 Å². The third-order valence-corrected chi connectivity index (χ3v) is 3.46. The van der Waals surface area contributed by atoms with Gasteiger partial charge in [-0.25, -0.2) is 0 Å². The molecule has 3 heteroatoms. The maximum absolute atomic E-state index is 11.6. The van der Waals surface area contributed by atoms with Gasteiger partial charge < -0.3 is 4.74 Å². The Kier molecular flexibility index (Phi) is 2.98. The van der Waals surface area contributed by atoms with Crippen molar-refractivity contribution >= 4 is 11.8 Å². The van der Waals surface area contributed by atoms with Crippen LogP contribution in [0.5, 0.6) is 0 Å². The number of Topliss-reactive ketones (excluding diaryl/α,β-unsaturated/α-hetero) is 1. The SMILES string of the molecule is CCC[C@H]1OC(=O)[C@](C)(C(C)=O)[C@@H]1C. The molecule has 1 saturated heterocycles. The lowest BCUT2D eigenvalue weighted by Gasteiger charge is -2.22. The average molecular weight is 198 g/mol. The summed E-state index contributed by atoms with van der Waals surface area (Å²) in [5.74, 6) is -0.447. The lowest BCUT2D eigenvalue weighted by atomic mass is 9.74. The number of carbonyl (C=O) groups excluding carboxylic acids is 2. The number of esters is 1. The monoisotopic (exact) mass is 198 g/mol. The van der Waals surface area contributed by atoms with E-state index >= 15 is 0 Å². The number of cyclic esters (lactones) is 1. The number of hydrogen-bond donors (Lipinski definition) is 0. The molecule has 80 valence electrons. The first-order valence-corrected chi connectivity index (χ1v) is 5.16. The van der Waals surface area contributed by atoms with Crippen molar-refractivity contribution in [2.75, 3.05) is 0 Å². The second-order valence-corrected chi connectivity index (χ2v) is 4.28. The van der Waals surface area contributed by atoms with Crippen LogP contribution in [0.4, 0.5) is 0 Å². The minimum Gasteiger partial charge on any atom is -0.461 e. The number of hydrogen-bond acceptors (Lipinski definition) is 3. The third-order valence-electron chi connectivity index (χ3n) is 3.46. The van der Waals surface area contributed by atoms with Gasteiger partial charge in [-0.2, -0.15) is 0 Å². The fraction of sp³-hybridized carbons (Fsp3) is 0.818. The number of carbonyl (C=O) groups is 2. The summed E-state index contributed by atoms with van der Waals surface area (Å²) in [5.41, 5.74) is -0.917. The predicted molar refractivity (Wildman–Crippen MR) is 52.7 cm³/mol. The second-order valence-electron chi connectivity index (χ2n) is 4.28. The van der Waals surface area contributed by atoms with E-state index in [2.05, 4.69) is 0 Å². The normalized spacial score (nSPS) is 37.0. The summed E-state index contributed by atoms with van der Waals surface area (Å²) >= 11 is 0. The highest BCUT2D eigenvalue weighted by atomic mass is 16.6. The van der Waals surface area contributed by atoms with E-state index in [1.165, 1.54) is 6.92 Å². The Bertz CT molecular complexity index is 259. The van der Waals surface area contributed by atoms with Gasteiger partial charge in [-0.05, 0) is 20.3 Å². The van der Waals surface area contributed by atoms with Gasteiger partial charge in [-0.3, -0.25) is 9.59 Å². The standard InChI is InChI=1S/C11H18O3/c1-5-6-9-7(2)11(4,8(3)12)10(13)14-9/h7,9H,5-6H2,1-4H3/t7-,9-,11+/m1/s1. The molecule has 0 aromatic rings. The molecule has 0 bridgehead atoms. The van der Waals surface area contributed by atoms with Crippen LogP contribution in [0.15, 0.2) is 0 Å². The molecule has 1 heterocycles. The molecule has 0 aromatic heterocycles. The molecule has 1 fully saturated rings. The molecule has 1 aliphatic rings. The van der Waals surface area contributed by atoms with Crippen LogP contribution in [0.1, 0.15) is 40.5 Å². The van der Waals surface area contributed by atoms with Gasteiger partial charge >= 0.3 is 5.97 Å². The first-order valence-electron chi connectivity index (χ1n) is 5.16. The Morgan fingerprint density at radius 2 is 2.14 bits per heavy atom. The highest BCUT2D eigenvalue weighted by molar-refractivity contribution is 6.03. The quantitative estimate of drug-likeness (QED) is 0.514. The first-order chi connectivity index (χ1) is 6.44. The van der Waals surface area contributed by atoms with Crippen molar-refractivity contribution in [3.63, 3.8) is 0 Å². The van der Waals surface area contributed by atoms with E-state index in [-0.39, 0.29) is 23.8 Å². The molecule has 0 aliphatic carbocycles. The number of ether oxygens (including phenoxy) is 1. The van der Waals surface area contributed by atoms with Crippen molar-refractivity contribution in [2.45, 2.75) is 46.6 Å². The summed E-state index contributed by atoms with van der Waals surface area (Å²) in [5, 5.41) is 0. The van der Waals surface area contributed by atoms with E-state index in [4.69, 9.17) is 4.74 Å². The van der Waals surface area contributed by atoms with Crippen molar-refractivity contribution in [3.05, 3.63) is 0 Å². The summed E-state index contributed by atoms with van der Waals surface area (Å²) < 4.78 is 5.23. The number of ketones is 1. The van der Waals surface area contributed by atoms with Crippen molar-refractivity contribution in [2.24, 2.45) is 11.3 Å². The minimum absolute atomic E-state index is 0.00699. The van der Waals surface area contributed by atoms with Gasteiger partial charge in [0, 0.05) is 5.92 Å². The van der Waals surface area contributed by atoms with Crippen LogP contribution in [-0.4, -0.2) is 17.9 Å². The zero-order valence-electron chi connectivity index (χ0n) is 9.29. The van der Waals surface area contributed by atoms with Crippen LogP contribution in [0.3, 0.4) is 0 Å². The summed E-state index contributed by atoms with van der Waals surface area (Å²) in [4.78, 5) is 23.0. The van der Waals surface area contributed by atoms with E-state index in [0.29, 0.717) is 0 Å². The Hall–Kier alpha value is -0.860. The predicted octanol–water partition coefficient (Wildman–Crippen LogP) is 1.94. The van der Waals surface area contributed by atoms with Gasteiger partial charge in [-0.1, -0.05) is 20.3 Å². The fourth-order valence-corrected chi connectivity index (χ4v) is 1.98. The van der Waals surface area contributed by atoms with Gasteiger partial charge in [0.05, 0.1) is 0 Å². The van der Waals surface area contributed by atoms with Crippen LogP contribution >= 0.6 is 0 Å². The fourth-order valence-electron chi connectivity index (χ4n) is 1.98. The molecule has 3 nitrogen and oxygen atoms in total. The van der Waals surface area contributed by atoms with Gasteiger partial charge in [0.1, 0.15) is 17.3 Å². The first kappa shape index (κ1) is 11.2. The molecule has 0 unspecified atom stereocenters. The second kappa shape index (κ2) is 3.71. The smallest absolute Gasteiger partial charge is 0.320 e. The molecule has 14 heavy (non-hydrogen) atoms. The molecular weight excluding hydrogens is 180 g/mol. The lowest BCUT2D eigenvalue weighted by molar-refractivity contribution is -0.151. The zero-order chi connectivity index (χ0) is 10.9. The minimum atomic E-state index is -0.917. The maximum atomic E-state index is 11.6. The molecule has 0 spiro atoms. The third kappa shape index (κ3) is 1.45. The molecule has 0 saturated carbocycles. The Morgan fingerprint density at radius 3 is 2.50 bits per heavy atom. The van der Waals surface area contributed by atoms with Gasteiger partial charge in [0.15, 0.2) is 0 Å². The average Bonchev–Trinajstić information content (AvgIpc) is 2.32. The molecule has 1 aliphatic heterocycles. The van der Waals surface area contributed by atoms with Crippen LogP contribution in [0.25, 0.3) is 0 Å². The molecule has 0 amide bonds. The summed E-state index contributed by atoms with van der Waals surface area (Å²) in [6.07, 6.45) is 1.73. The molecule has 0 radical (unpaired) electrons. The van der Waals surface area contributed by atoms with E-state index in [1.54, 1.807) is 6.92 Å². The summed E-state index contributed by atoms with van der Waals surface area (Å²) in [6.45, 7) is 7.13. The van der Waals surface area contributed by atoms with Crippen molar-refractivity contribution in [3.8, 4) is 0 Å². The molecule has 0 aromatic carbocycles. The van der Waals surface area contributed by atoms with E-state index in [1.807, 2.05) is 13.8 Å². The van der Waals surface area contributed by atoms with Crippen LogP contribution in [-0.2, 0) is 14.3 Å². The lowest BCUT2D eigenvalue weighted by Crippen LogP contribution is -2.36. The highest BCUT2D eigenvalue weighted by Gasteiger charge is 2.54. The van der Waals surface area contributed by atoms with Crippen LogP contribution in [0, 0.1) is 11.3 Å². The molecule has 1 rings (SSSR count). The van der Waals surface area contributed by atoms with Gasteiger partial charge in [0.25, 0.3) is 0 Å². The molecule has 3 atom stereocenters. The zero-order valence-corrected chi connectivity index (χ0v) is 9.29. The summed E-state index contributed by atoms with van der Waals surface area (Å²) in [6, 6.07) is 0. The maximum Gasteiger partial charge on any atom is 0.320 e. The van der Waals surface area contributed by atoms with E-state index < -0.39 is 5.41 Å². The van der Waals surface area contributed by atoms with E-state index in [9.17, 15) is 9.59 Å². The largest absolute Gasteiger partial charge is 0.461 e. The topological polar surface area (TPSA) is 43.4 Å².